The third-order valence-electron chi connectivity index (χ3n) is 4.50. The Labute approximate surface area is 138 Å². The lowest BCUT2D eigenvalue weighted by molar-refractivity contribution is -0.142. The fraction of sp³-hybridized carbons (Fsp3) is 0.333. The van der Waals surface area contributed by atoms with Gasteiger partial charge in [-0.2, -0.15) is 0 Å². The van der Waals surface area contributed by atoms with Crippen molar-refractivity contribution in [2.24, 2.45) is 5.92 Å². The van der Waals surface area contributed by atoms with Crippen molar-refractivity contribution in [2.75, 3.05) is 13.1 Å². The summed E-state index contributed by atoms with van der Waals surface area (Å²) in [4.78, 5) is 0. The number of para-hydroxylation sites is 2. The van der Waals surface area contributed by atoms with Gasteiger partial charge in [0.05, 0.1) is 0 Å². The molecule has 0 bridgehead atoms. The molecule has 4 rings (SSSR count). The normalized spacial score (nSPS) is 20.0. The Morgan fingerprint density at radius 1 is 0.909 bits per heavy atom. The summed E-state index contributed by atoms with van der Waals surface area (Å²) in [5.41, 5.74) is 1.08. The Bertz CT molecular complexity index is 640. The van der Waals surface area contributed by atoms with Crippen LogP contribution in [0.1, 0.15) is 18.4 Å². The molecule has 3 nitrogen and oxygen atoms in total. The minimum absolute atomic E-state index is 0.335. The first kappa shape index (κ1) is 14.1. The lowest BCUT2D eigenvalue weighted by Gasteiger charge is -2.38. The van der Waals surface area contributed by atoms with Crippen LogP contribution in [-0.2, 0) is 5.79 Å². The van der Waals surface area contributed by atoms with Gasteiger partial charge in [0.1, 0.15) is 0 Å². The van der Waals surface area contributed by atoms with E-state index in [1.165, 1.54) is 0 Å². The van der Waals surface area contributed by atoms with E-state index >= 15 is 0 Å². The maximum absolute atomic E-state index is 6.39. The zero-order chi connectivity index (χ0) is 15.0. The first-order chi connectivity index (χ1) is 10.8. The molecule has 1 N–H and O–H groups in total. The predicted octanol–water partition coefficient (Wildman–Crippen LogP) is 4.07. The number of hydrogen-bond donors (Lipinski definition) is 1. The smallest absolute Gasteiger partial charge is 0.281 e. The molecular formula is C18H18BrNO2. The van der Waals surface area contributed by atoms with Crippen LogP contribution in [-0.4, -0.2) is 13.1 Å². The molecule has 0 aromatic heterocycles. The average Bonchev–Trinajstić information content (AvgIpc) is 2.97. The molecule has 1 fully saturated rings. The van der Waals surface area contributed by atoms with Gasteiger partial charge in [0, 0.05) is 16.0 Å². The number of piperidine rings is 1. The average molecular weight is 360 g/mol. The van der Waals surface area contributed by atoms with E-state index in [2.05, 4.69) is 33.4 Å². The largest absolute Gasteiger partial charge is 0.444 e. The van der Waals surface area contributed by atoms with Crippen molar-refractivity contribution < 1.29 is 9.47 Å². The van der Waals surface area contributed by atoms with Crippen molar-refractivity contribution in [3.05, 3.63) is 58.6 Å². The summed E-state index contributed by atoms with van der Waals surface area (Å²) in [5.74, 6) is 1.31. The number of fused-ring (bicyclic) bond motifs is 1. The lowest BCUT2D eigenvalue weighted by atomic mass is 9.84. The van der Waals surface area contributed by atoms with Gasteiger partial charge in [0.2, 0.25) is 0 Å². The molecule has 22 heavy (non-hydrogen) atoms. The first-order valence-electron chi connectivity index (χ1n) is 7.72. The molecule has 0 radical (unpaired) electrons. The Morgan fingerprint density at radius 3 is 2.09 bits per heavy atom. The van der Waals surface area contributed by atoms with Crippen molar-refractivity contribution in [3.63, 3.8) is 0 Å². The van der Waals surface area contributed by atoms with Gasteiger partial charge < -0.3 is 14.8 Å². The van der Waals surface area contributed by atoms with Gasteiger partial charge in [-0.25, -0.2) is 0 Å². The molecule has 2 aromatic rings. The third-order valence-corrected chi connectivity index (χ3v) is 5.02. The van der Waals surface area contributed by atoms with Crippen LogP contribution in [0.4, 0.5) is 0 Å². The molecule has 0 aliphatic carbocycles. The summed E-state index contributed by atoms with van der Waals surface area (Å²) in [6.45, 7) is 2.01. The highest BCUT2D eigenvalue weighted by atomic mass is 79.9. The second-order valence-corrected chi connectivity index (χ2v) is 6.77. The summed E-state index contributed by atoms with van der Waals surface area (Å²) in [7, 11) is 0. The van der Waals surface area contributed by atoms with Crippen molar-refractivity contribution in [1.82, 2.24) is 5.32 Å². The Kier molecular flexibility index (Phi) is 3.59. The molecule has 0 unspecified atom stereocenters. The Hall–Kier alpha value is -1.52. The minimum atomic E-state index is -0.702. The van der Waals surface area contributed by atoms with Crippen LogP contribution in [0.2, 0.25) is 0 Å². The standard InChI is InChI=1S/C18H18BrNO2/c19-15-7-5-13(6-8-15)18(14-9-11-20-12-10-14)21-16-3-1-2-4-17(16)22-18/h1-8,14,20H,9-12H2. The molecule has 2 aromatic carbocycles. The molecule has 2 aliphatic heterocycles. The molecule has 0 amide bonds. The van der Waals surface area contributed by atoms with Crippen molar-refractivity contribution >= 4 is 15.9 Å². The van der Waals surface area contributed by atoms with Crippen LogP contribution < -0.4 is 14.8 Å². The summed E-state index contributed by atoms with van der Waals surface area (Å²) in [6, 6.07) is 16.2. The van der Waals surface area contributed by atoms with E-state index in [9.17, 15) is 0 Å². The monoisotopic (exact) mass is 359 g/mol. The van der Waals surface area contributed by atoms with Gasteiger partial charge in [-0.05, 0) is 50.2 Å². The number of benzene rings is 2. The predicted molar refractivity (Wildman–Crippen MR) is 89.1 cm³/mol. The third kappa shape index (κ3) is 2.31. The quantitative estimate of drug-likeness (QED) is 0.876. The zero-order valence-corrected chi connectivity index (χ0v) is 13.8. The summed E-state index contributed by atoms with van der Waals surface area (Å²) in [5, 5.41) is 3.42. The minimum Gasteiger partial charge on any atom is -0.444 e. The van der Waals surface area contributed by atoms with Crippen molar-refractivity contribution in [3.8, 4) is 11.5 Å². The van der Waals surface area contributed by atoms with Crippen LogP contribution >= 0.6 is 15.9 Å². The number of hydrogen-bond acceptors (Lipinski definition) is 3. The highest BCUT2D eigenvalue weighted by molar-refractivity contribution is 9.10. The number of rotatable bonds is 2. The number of halogens is 1. The topological polar surface area (TPSA) is 30.5 Å². The number of ether oxygens (including phenoxy) is 2. The van der Waals surface area contributed by atoms with E-state index in [1.807, 2.05) is 36.4 Å². The van der Waals surface area contributed by atoms with Crippen LogP contribution in [0.5, 0.6) is 11.5 Å². The highest BCUT2D eigenvalue weighted by Gasteiger charge is 2.50. The van der Waals surface area contributed by atoms with E-state index in [4.69, 9.17) is 9.47 Å². The van der Waals surface area contributed by atoms with Crippen molar-refractivity contribution in [1.29, 1.82) is 0 Å². The van der Waals surface area contributed by atoms with Gasteiger partial charge in [-0.1, -0.05) is 40.2 Å². The van der Waals surface area contributed by atoms with Gasteiger partial charge >= 0.3 is 0 Å². The van der Waals surface area contributed by atoms with E-state index < -0.39 is 5.79 Å². The molecule has 4 heteroatoms. The Morgan fingerprint density at radius 2 is 1.50 bits per heavy atom. The second kappa shape index (κ2) is 5.60. The first-order valence-corrected chi connectivity index (χ1v) is 8.51. The molecule has 1 saturated heterocycles. The van der Waals surface area contributed by atoms with Crippen LogP contribution in [0.15, 0.2) is 53.0 Å². The van der Waals surface area contributed by atoms with Gasteiger partial charge in [0.15, 0.2) is 11.5 Å². The SMILES string of the molecule is Brc1ccc(C2(C3CCNCC3)Oc3ccccc3O2)cc1. The Balaban J connectivity index is 1.77. The summed E-state index contributed by atoms with van der Waals surface area (Å²) in [6.07, 6.45) is 2.09. The lowest BCUT2D eigenvalue weighted by Crippen LogP contribution is -2.47. The fourth-order valence-electron chi connectivity index (χ4n) is 3.37. The van der Waals surface area contributed by atoms with Crippen LogP contribution in [0.25, 0.3) is 0 Å². The molecule has 114 valence electrons. The molecule has 0 atom stereocenters. The van der Waals surface area contributed by atoms with E-state index in [0.29, 0.717) is 5.92 Å². The van der Waals surface area contributed by atoms with E-state index in [-0.39, 0.29) is 0 Å². The van der Waals surface area contributed by atoms with Crippen LogP contribution in [0.3, 0.4) is 0 Å². The maximum Gasteiger partial charge on any atom is 0.281 e. The fourth-order valence-corrected chi connectivity index (χ4v) is 3.64. The number of nitrogens with one attached hydrogen (secondary N) is 1. The van der Waals surface area contributed by atoms with E-state index in [1.54, 1.807) is 0 Å². The van der Waals surface area contributed by atoms with E-state index in [0.717, 1.165) is 47.5 Å². The molecule has 2 aliphatic rings. The second-order valence-electron chi connectivity index (χ2n) is 5.85. The summed E-state index contributed by atoms with van der Waals surface area (Å²) < 4.78 is 13.9. The van der Waals surface area contributed by atoms with Gasteiger partial charge in [-0.3, -0.25) is 0 Å². The molecule has 0 spiro atoms. The molecular weight excluding hydrogens is 342 g/mol. The maximum atomic E-state index is 6.39. The zero-order valence-electron chi connectivity index (χ0n) is 12.2. The molecule has 0 saturated carbocycles. The van der Waals surface area contributed by atoms with Gasteiger partial charge in [0.25, 0.3) is 5.79 Å². The summed E-state index contributed by atoms with van der Waals surface area (Å²) >= 11 is 3.50. The van der Waals surface area contributed by atoms with Crippen molar-refractivity contribution in [2.45, 2.75) is 18.6 Å². The highest BCUT2D eigenvalue weighted by Crippen LogP contribution is 2.49. The molecule has 2 heterocycles. The van der Waals surface area contributed by atoms with Crippen LogP contribution in [0, 0.1) is 5.92 Å². The van der Waals surface area contributed by atoms with Gasteiger partial charge in [-0.15, -0.1) is 0 Å².